The number of rotatable bonds is 4. The second-order valence-corrected chi connectivity index (χ2v) is 8.90. The minimum atomic E-state index is -4.49. The lowest BCUT2D eigenvalue weighted by Gasteiger charge is -2.24. The zero-order valence-corrected chi connectivity index (χ0v) is 18.1. The van der Waals surface area contributed by atoms with Gasteiger partial charge in [-0.25, -0.2) is 4.79 Å². The number of halogens is 3. The molecule has 2 N–H and O–H groups in total. The third kappa shape index (κ3) is 4.61. The first-order chi connectivity index (χ1) is 14.7. The van der Waals surface area contributed by atoms with Gasteiger partial charge in [0, 0.05) is 5.69 Å². The van der Waals surface area contributed by atoms with E-state index < -0.39 is 41.7 Å². The number of nitrogens with one attached hydrogen (secondary N) is 2. The van der Waals surface area contributed by atoms with E-state index in [1.54, 1.807) is 19.1 Å². The average molecular weight is 447 g/mol. The molecule has 32 heavy (non-hydrogen) atoms. The molecule has 1 heterocycles. The van der Waals surface area contributed by atoms with E-state index in [0.29, 0.717) is 5.56 Å². The molecule has 0 spiro atoms. The second-order valence-electron chi connectivity index (χ2n) is 8.90. The van der Waals surface area contributed by atoms with E-state index in [1.807, 2.05) is 12.1 Å². The lowest BCUT2D eigenvalue weighted by Crippen LogP contribution is -2.42. The molecule has 1 unspecified atom stereocenters. The molecule has 0 aromatic heterocycles. The summed E-state index contributed by atoms with van der Waals surface area (Å²) < 4.78 is 38.0. The van der Waals surface area contributed by atoms with Crippen molar-refractivity contribution in [3.05, 3.63) is 65.2 Å². The fourth-order valence-corrected chi connectivity index (χ4v) is 3.43. The van der Waals surface area contributed by atoms with Gasteiger partial charge in [-0.15, -0.1) is 0 Å². The number of hydrogen-bond acceptors (Lipinski definition) is 3. The number of imide groups is 1. The van der Waals surface area contributed by atoms with Gasteiger partial charge in [-0.1, -0.05) is 45.0 Å². The van der Waals surface area contributed by atoms with Crippen molar-refractivity contribution in [2.45, 2.75) is 44.8 Å². The predicted octanol–water partition coefficient (Wildman–Crippen LogP) is 4.41. The summed E-state index contributed by atoms with van der Waals surface area (Å²) in [6, 6.07) is 10.5. The van der Waals surface area contributed by atoms with Gasteiger partial charge in [-0.05, 0) is 47.7 Å². The van der Waals surface area contributed by atoms with Crippen LogP contribution in [0.3, 0.4) is 0 Å². The smallest absolute Gasteiger partial charge is 0.325 e. The fourth-order valence-electron chi connectivity index (χ4n) is 3.43. The third-order valence-electron chi connectivity index (χ3n) is 5.40. The molecule has 1 aliphatic rings. The molecule has 2 aromatic rings. The topological polar surface area (TPSA) is 78.5 Å². The van der Waals surface area contributed by atoms with Gasteiger partial charge in [-0.3, -0.25) is 14.5 Å². The van der Waals surface area contributed by atoms with E-state index in [-0.39, 0.29) is 11.1 Å². The third-order valence-corrected chi connectivity index (χ3v) is 5.40. The predicted molar refractivity (Wildman–Crippen MR) is 113 cm³/mol. The molecule has 1 atom stereocenters. The van der Waals surface area contributed by atoms with E-state index in [0.717, 1.165) is 34.7 Å². The van der Waals surface area contributed by atoms with Crippen LogP contribution in [0.5, 0.6) is 0 Å². The maximum Gasteiger partial charge on any atom is 0.416 e. The van der Waals surface area contributed by atoms with Crippen LogP contribution in [-0.4, -0.2) is 29.3 Å². The van der Waals surface area contributed by atoms with Crippen molar-refractivity contribution in [2.75, 3.05) is 11.9 Å². The summed E-state index contributed by atoms with van der Waals surface area (Å²) in [6.45, 7) is 7.17. The number of hydrogen-bond donors (Lipinski definition) is 2. The van der Waals surface area contributed by atoms with Crippen LogP contribution in [-0.2, 0) is 26.7 Å². The SMILES string of the molecule is CC(C)(C)c1ccc(C2(C)NC(=O)N(CC(=O)Nc3ccc(C(F)(F)F)cc3)C2=O)cc1. The molecular formula is C23H24F3N3O3. The van der Waals surface area contributed by atoms with Crippen LogP contribution in [0, 0.1) is 0 Å². The van der Waals surface area contributed by atoms with Crippen molar-refractivity contribution in [3.8, 4) is 0 Å². The van der Waals surface area contributed by atoms with Gasteiger partial charge in [0.2, 0.25) is 5.91 Å². The summed E-state index contributed by atoms with van der Waals surface area (Å²) in [5.41, 5.74) is -0.496. The Morgan fingerprint density at radius 2 is 1.50 bits per heavy atom. The van der Waals surface area contributed by atoms with Gasteiger partial charge in [0.15, 0.2) is 0 Å². The highest BCUT2D eigenvalue weighted by Gasteiger charge is 2.49. The van der Waals surface area contributed by atoms with E-state index in [9.17, 15) is 27.6 Å². The minimum Gasteiger partial charge on any atom is -0.325 e. The molecule has 0 aliphatic carbocycles. The summed E-state index contributed by atoms with van der Waals surface area (Å²) in [5.74, 6) is -1.30. The van der Waals surface area contributed by atoms with Gasteiger partial charge >= 0.3 is 12.2 Å². The molecule has 0 bridgehead atoms. The number of carbonyl (C=O) groups is 3. The van der Waals surface area contributed by atoms with Crippen LogP contribution in [0.25, 0.3) is 0 Å². The summed E-state index contributed by atoms with van der Waals surface area (Å²) in [4.78, 5) is 38.6. The molecule has 6 nitrogen and oxygen atoms in total. The van der Waals surface area contributed by atoms with Crippen molar-refractivity contribution in [2.24, 2.45) is 0 Å². The van der Waals surface area contributed by atoms with Crippen molar-refractivity contribution >= 4 is 23.5 Å². The number of amides is 4. The molecule has 0 radical (unpaired) electrons. The lowest BCUT2D eigenvalue weighted by molar-refractivity contribution is -0.137. The number of nitrogens with zero attached hydrogens (tertiary/aromatic N) is 1. The Hall–Kier alpha value is -3.36. The quantitative estimate of drug-likeness (QED) is 0.682. The first-order valence-electron chi connectivity index (χ1n) is 9.94. The minimum absolute atomic E-state index is 0.0786. The number of anilines is 1. The molecule has 1 aliphatic heterocycles. The Kier molecular flexibility index (Phi) is 5.80. The van der Waals surface area contributed by atoms with Crippen LogP contribution in [0.1, 0.15) is 44.4 Å². The van der Waals surface area contributed by atoms with Crippen molar-refractivity contribution < 1.29 is 27.6 Å². The van der Waals surface area contributed by atoms with Gasteiger partial charge in [0.05, 0.1) is 5.56 Å². The maximum absolute atomic E-state index is 13.0. The summed E-state index contributed by atoms with van der Waals surface area (Å²) in [7, 11) is 0. The highest BCUT2D eigenvalue weighted by molar-refractivity contribution is 6.10. The molecule has 3 rings (SSSR count). The van der Waals surface area contributed by atoms with Crippen LogP contribution < -0.4 is 10.6 Å². The summed E-state index contributed by atoms with van der Waals surface area (Å²) >= 11 is 0. The monoisotopic (exact) mass is 447 g/mol. The maximum atomic E-state index is 13.0. The van der Waals surface area contributed by atoms with E-state index >= 15 is 0 Å². The Bertz CT molecular complexity index is 1040. The van der Waals surface area contributed by atoms with Crippen LogP contribution in [0.2, 0.25) is 0 Å². The number of urea groups is 1. The molecule has 4 amide bonds. The van der Waals surface area contributed by atoms with Gasteiger partial charge in [0.1, 0.15) is 12.1 Å². The van der Waals surface area contributed by atoms with Gasteiger partial charge < -0.3 is 10.6 Å². The molecular weight excluding hydrogens is 423 g/mol. The molecule has 0 saturated carbocycles. The van der Waals surface area contributed by atoms with E-state index in [4.69, 9.17) is 0 Å². The van der Waals surface area contributed by atoms with Crippen molar-refractivity contribution in [3.63, 3.8) is 0 Å². The first kappa shape index (κ1) is 23.3. The van der Waals surface area contributed by atoms with E-state index in [2.05, 4.69) is 31.4 Å². The molecule has 2 aromatic carbocycles. The van der Waals surface area contributed by atoms with Gasteiger partial charge in [0.25, 0.3) is 5.91 Å². The fraction of sp³-hybridized carbons (Fsp3) is 0.348. The van der Waals surface area contributed by atoms with Gasteiger partial charge in [-0.2, -0.15) is 13.2 Å². The molecule has 9 heteroatoms. The Morgan fingerprint density at radius 1 is 0.969 bits per heavy atom. The largest absolute Gasteiger partial charge is 0.416 e. The lowest BCUT2D eigenvalue weighted by atomic mass is 9.84. The highest BCUT2D eigenvalue weighted by atomic mass is 19.4. The normalized spacial score (nSPS) is 19.2. The highest BCUT2D eigenvalue weighted by Crippen LogP contribution is 2.32. The molecule has 1 saturated heterocycles. The zero-order valence-electron chi connectivity index (χ0n) is 18.1. The Labute approximate surface area is 183 Å². The van der Waals surface area contributed by atoms with Crippen molar-refractivity contribution in [1.82, 2.24) is 10.2 Å². The number of alkyl halides is 3. The number of benzene rings is 2. The molecule has 170 valence electrons. The zero-order chi connectivity index (χ0) is 23.9. The first-order valence-corrected chi connectivity index (χ1v) is 9.94. The second kappa shape index (κ2) is 7.96. The van der Waals surface area contributed by atoms with Crippen molar-refractivity contribution in [1.29, 1.82) is 0 Å². The molecule has 1 fully saturated rings. The average Bonchev–Trinajstić information content (AvgIpc) is 2.91. The van der Waals surface area contributed by atoms with Crippen LogP contribution in [0.15, 0.2) is 48.5 Å². The van der Waals surface area contributed by atoms with Crippen LogP contribution in [0.4, 0.5) is 23.7 Å². The summed E-state index contributed by atoms with van der Waals surface area (Å²) in [6.07, 6.45) is -4.49. The van der Waals surface area contributed by atoms with Crippen LogP contribution >= 0.6 is 0 Å². The Balaban J connectivity index is 1.71. The standard InChI is InChI=1S/C23H24F3N3O3/c1-21(2,3)14-5-7-15(8-6-14)22(4)19(31)29(20(32)28-22)13-18(30)27-17-11-9-16(10-12-17)23(24,25)26/h5-12H,13H2,1-4H3,(H,27,30)(H,28,32). The number of carbonyl (C=O) groups excluding carboxylic acids is 3. The van der Waals surface area contributed by atoms with E-state index in [1.165, 1.54) is 0 Å². The Morgan fingerprint density at radius 3 is 2.00 bits per heavy atom. The summed E-state index contributed by atoms with van der Waals surface area (Å²) in [5, 5.41) is 5.03.